The summed E-state index contributed by atoms with van der Waals surface area (Å²) in [4.78, 5) is 37.3. The first-order valence-electron chi connectivity index (χ1n) is 10.7. The molecule has 2 aliphatic rings. The van der Waals surface area contributed by atoms with Gasteiger partial charge in [-0.05, 0) is 32.6 Å². The summed E-state index contributed by atoms with van der Waals surface area (Å²) in [6, 6.07) is 0.0826. The number of esters is 1. The van der Waals surface area contributed by atoms with Crippen LogP contribution in [0.15, 0.2) is 0 Å². The molecule has 2 heterocycles. The second kappa shape index (κ2) is 8.82. The molecule has 0 aliphatic carbocycles. The van der Waals surface area contributed by atoms with Gasteiger partial charge in [0.2, 0.25) is 0 Å². The van der Waals surface area contributed by atoms with Crippen LogP contribution in [0.25, 0.3) is 0 Å². The number of aliphatic hydroxyl groups excluding tert-OH is 2. The van der Waals surface area contributed by atoms with Crippen LogP contribution in [-0.2, 0) is 19.1 Å². The van der Waals surface area contributed by atoms with Crippen molar-refractivity contribution >= 4 is 17.5 Å². The largest absolute Gasteiger partial charge is 0.454 e. The topological polar surface area (TPSA) is 123 Å². The highest BCUT2D eigenvalue weighted by Crippen LogP contribution is 2.37. The van der Waals surface area contributed by atoms with Gasteiger partial charge in [-0.3, -0.25) is 14.4 Å². The van der Waals surface area contributed by atoms with E-state index in [0.29, 0.717) is 6.42 Å². The van der Waals surface area contributed by atoms with E-state index in [-0.39, 0.29) is 35.5 Å². The van der Waals surface area contributed by atoms with Gasteiger partial charge in [-0.15, -0.1) is 0 Å². The van der Waals surface area contributed by atoms with Gasteiger partial charge >= 0.3 is 5.97 Å². The lowest BCUT2D eigenvalue weighted by molar-refractivity contribution is -0.160. The van der Waals surface area contributed by atoms with E-state index in [0.717, 1.165) is 19.3 Å². The number of hydrogen-bond acceptors (Lipinski definition) is 7. The molecule has 166 valence electrons. The molecule has 0 unspecified atom stereocenters. The number of Topliss-reactive ketones (excluding diaryl/α,β-unsaturated/α-hetero) is 2. The Morgan fingerprint density at radius 2 is 1.79 bits per heavy atom. The van der Waals surface area contributed by atoms with Gasteiger partial charge in [0.1, 0.15) is 5.78 Å². The summed E-state index contributed by atoms with van der Waals surface area (Å²) in [6.45, 7) is 10.2. The summed E-state index contributed by atoms with van der Waals surface area (Å²) >= 11 is 0. The van der Waals surface area contributed by atoms with Crippen LogP contribution in [-0.4, -0.2) is 57.6 Å². The number of carbonyl (C=O) groups is 3. The number of aliphatic hydroxyl groups is 2. The normalized spacial score (nSPS) is 41.9. The van der Waals surface area contributed by atoms with Gasteiger partial charge in [0.15, 0.2) is 11.9 Å². The molecule has 2 rings (SSSR count). The second-order valence-corrected chi connectivity index (χ2v) is 9.89. The lowest BCUT2D eigenvalue weighted by Crippen LogP contribution is -2.46. The number of ether oxygens (including phenoxy) is 1. The standard InChI is InChI=1S/C22H37NO6/c1-12-8-7-9-22(6)16(23-22)10-15(14(3)24)29-18(26)11-17(25)21(4,5)20(28)13(2)19(12)27/h12-13,15-17,19,23,25,27H,7-11H2,1-6H3/t12-,13+,15-,16-,17-,19-,22+/m0/s1. The average Bonchev–Trinajstić information content (AvgIpc) is 3.27. The summed E-state index contributed by atoms with van der Waals surface area (Å²) in [6.07, 6.45) is -0.405. The maximum atomic E-state index is 13.0. The number of rotatable bonds is 1. The molecule has 0 amide bonds. The van der Waals surface area contributed by atoms with E-state index in [1.54, 1.807) is 20.8 Å². The number of hydrogen-bond donors (Lipinski definition) is 3. The quantitative estimate of drug-likeness (QED) is 0.444. The SMILES string of the molecule is CC(=O)[C@@H]1C[C@@H]2N[C@]2(C)CCC[C@H](C)[C@H](O)[C@@H](C)C(=O)C(C)(C)[C@@H](O)CC(=O)O1. The lowest BCUT2D eigenvalue weighted by atomic mass is 9.73. The second-order valence-electron chi connectivity index (χ2n) is 9.89. The summed E-state index contributed by atoms with van der Waals surface area (Å²) in [5.74, 6) is -1.94. The maximum absolute atomic E-state index is 13.0. The van der Waals surface area contributed by atoms with Crippen LogP contribution < -0.4 is 5.32 Å². The van der Waals surface area contributed by atoms with E-state index >= 15 is 0 Å². The predicted octanol–water partition coefficient (Wildman–Crippen LogP) is 1.77. The van der Waals surface area contributed by atoms with Crippen molar-refractivity contribution in [3.63, 3.8) is 0 Å². The minimum Gasteiger partial charge on any atom is -0.454 e. The zero-order chi connectivity index (χ0) is 22.1. The van der Waals surface area contributed by atoms with Crippen LogP contribution in [0.3, 0.4) is 0 Å². The van der Waals surface area contributed by atoms with Gasteiger partial charge in [0, 0.05) is 23.9 Å². The van der Waals surface area contributed by atoms with Crippen LogP contribution in [0.2, 0.25) is 0 Å². The van der Waals surface area contributed by atoms with E-state index in [1.807, 2.05) is 6.92 Å². The van der Waals surface area contributed by atoms with Crippen LogP contribution in [0.5, 0.6) is 0 Å². The molecule has 2 fully saturated rings. The third kappa shape index (κ3) is 5.44. The van der Waals surface area contributed by atoms with Gasteiger partial charge in [0.25, 0.3) is 0 Å². The third-order valence-electron chi connectivity index (χ3n) is 7.06. The van der Waals surface area contributed by atoms with Crippen molar-refractivity contribution in [3.8, 4) is 0 Å². The Morgan fingerprint density at radius 1 is 1.17 bits per heavy atom. The molecule has 0 aromatic heterocycles. The third-order valence-corrected chi connectivity index (χ3v) is 7.06. The molecule has 0 aromatic carbocycles. The molecule has 7 heteroatoms. The van der Waals surface area contributed by atoms with Crippen LogP contribution in [0, 0.1) is 17.3 Å². The Kier molecular flexibility index (Phi) is 7.29. The highest BCUT2D eigenvalue weighted by atomic mass is 16.5. The highest BCUT2D eigenvalue weighted by molar-refractivity contribution is 5.88. The van der Waals surface area contributed by atoms with Crippen molar-refractivity contribution < 1.29 is 29.3 Å². The monoisotopic (exact) mass is 411 g/mol. The molecule has 0 saturated carbocycles. The molecule has 7 nitrogen and oxygen atoms in total. The fourth-order valence-electron chi connectivity index (χ4n) is 4.41. The Balaban J connectivity index is 2.24. The molecular formula is C22H37NO6. The van der Waals surface area contributed by atoms with E-state index < -0.39 is 35.6 Å². The summed E-state index contributed by atoms with van der Waals surface area (Å²) < 4.78 is 5.37. The molecule has 2 saturated heterocycles. The maximum Gasteiger partial charge on any atom is 0.309 e. The predicted molar refractivity (Wildman–Crippen MR) is 108 cm³/mol. The molecule has 0 spiro atoms. The fourth-order valence-corrected chi connectivity index (χ4v) is 4.41. The summed E-state index contributed by atoms with van der Waals surface area (Å²) in [5.41, 5.74) is -1.34. The molecule has 0 bridgehead atoms. The minimum atomic E-state index is -1.27. The number of ketones is 2. The van der Waals surface area contributed by atoms with Gasteiger partial charge < -0.3 is 20.3 Å². The Bertz CT molecular complexity index is 647. The van der Waals surface area contributed by atoms with Crippen molar-refractivity contribution in [1.82, 2.24) is 5.32 Å². The van der Waals surface area contributed by atoms with E-state index in [4.69, 9.17) is 4.74 Å². The van der Waals surface area contributed by atoms with Crippen LogP contribution in [0.4, 0.5) is 0 Å². The minimum absolute atomic E-state index is 0.0643. The summed E-state index contributed by atoms with van der Waals surface area (Å²) in [5, 5.41) is 24.7. The first-order valence-corrected chi connectivity index (χ1v) is 10.7. The van der Waals surface area contributed by atoms with Crippen molar-refractivity contribution in [3.05, 3.63) is 0 Å². The van der Waals surface area contributed by atoms with Gasteiger partial charge in [-0.2, -0.15) is 0 Å². The molecule has 0 aromatic rings. The van der Waals surface area contributed by atoms with Gasteiger partial charge in [-0.25, -0.2) is 0 Å². The van der Waals surface area contributed by atoms with E-state index in [2.05, 4.69) is 12.2 Å². The Morgan fingerprint density at radius 3 is 2.38 bits per heavy atom. The first-order chi connectivity index (χ1) is 13.3. The molecule has 29 heavy (non-hydrogen) atoms. The van der Waals surface area contributed by atoms with Crippen molar-refractivity contribution in [2.75, 3.05) is 0 Å². The van der Waals surface area contributed by atoms with E-state index in [9.17, 15) is 24.6 Å². The van der Waals surface area contributed by atoms with Crippen molar-refractivity contribution in [2.24, 2.45) is 17.3 Å². The van der Waals surface area contributed by atoms with Crippen molar-refractivity contribution in [1.29, 1.82) is 0 Å². The molecular weight excluding hydrogens is 374 g/mol. The number of carbonyl (C=O) groups excluding carboxylic acids is 3. The highest BCUT2D eigenvalue weighted by Gasteiger charge is 2.50. The Hall–Kier alpha value is -1.31. The smallest absolute Gasteiger partial charge is 0.309 e. The average molecular weight is 412 g/mol. The first kappa shape index (κ1) is 24.0. The number of nitrogens with one attached hydrogen (secondary N) is 1. The zero-order valence-electron chi connectivity index (χ0n) is 18.5. The molecule has 2 aliphatic heterocycles. The molecule has 0 radical (unpaired) electrons. The molecule has 7 atom stereocenters. The van der Waals surface area contributed by atoms with Crippen LogP contribution >= 0.6 is 0 Å². The molecule has 3 N–H and O–H groups in total. The summed E-state index contributed by atoms with van der Waals surface area (Å²) in [7, 11) is 0. The zero-order valence-corrected chi connectivity index (χ0v) is 18.5. The number of cyclic esters (lactones) is 1. The van der Waals surface area contributed by atoms with Crippen molar-refractivity contribution in [2.45, 2.75) is 104 Å². The van der Waals surface area contributed by atoms with Crippen LogP contribution in [0.1, 0.15) is 73.6 Å². The fraction of sp³-hybridized carbons (Fsp3) is 0.864. The lowest BCUT2D eigenvalue weighted by Gasteiger charge is -2.34. The van der Waals surface area contributed by atoms with E-state index in [1.165, 1.54) is 6.92 Å². The van der Waals surface area contributed by atoms with Gasteiger partial charge in [0.05, 0.1) is 24.0 Å². The number of fused-ring (bicyclic) bond motifs is 1. The van der Waals surface area contributed by atoms with Gasteiger partial charge in [-0.1, -0.05) is 34.1 Å². The Labute approximate surface area is 173 Å².